The van der Waals surface area contributed by atoms with Gasteiger partial charge in [-0.2, -0.15) is 0 Å². The van der Waals surface area contributed by atoms with E-state index in [2.05, 4.69) is 15.6 Å². The van der Waals surface area contributed by atoms with Crippen LogP contribution in [0.3, 0.4) is 0 Å². The van der Waals surface area contributed by atoms with Gasteiger partial charge in [-0.25, -0.2) is 8.42 Å². The van der Waals surface area contributed by atoms with Crippen molar-refractivity contribution in [1.29, 1.82) is 0 Å². The predicted octanol–water partition coefficient (Wildman–Crippen LogP) is 0.539. The van der Waals surface area contributed by atoms with Crippen LogP contribution >= 0.6 is 0 Å². The Morgan fingerprint density at radius 3 is 2.74 bits per heavy atom. The van der Waals surface area contributed by atoms with Crippen molar-refractivity contribution in [2.24, 2.45) is 4.99 Å². The van der Waals surface area contributed by atoms with E-state index in [4.69, 9.17) is 0 Å². The highest BCUT2D eigenvalue weighted by molar-refractivity contribution is 7.90. The highest BCUT2D eigenvalue weighted by atomic mass is 32.2. The first kappa shape index (κ1) is 13.9. The van der Waals surface area contributed by atoms with Gasteiger partial charge in [0.15, 0.2) is 15.8 Å². The monoisotopic (exact) mass is 281 g/mol. The third-order valence-electron chi connectivity index (χ3n) is 2.84. The number of nitrogens with one attached hydrogen (secondary N) is 2. The van der Waals surface area contributed by atoms with Crippen LogP contribution in [0.4, 0.5) is 0 Å². The highest BCUT2D eigenvalue weighted by Gasteiger charge is 2.14. The van der Waals surface area contributed by atoms with Crippen LogP contribution < -0.4 is 10.6 Å². The van der Waals surface area contributed by atoms with Gasteiger partial charge in [-0.1, -0.05) is 30.3 Å². The Morgan fingerprint density at radius 1 is 1.37 bits per heavy atom. The van der Waals surface area contributed by atoms with Crippen LogP contribution in [0.5, 0.6) is 0 Å². The van der Waals surface area contributed by atoms with Crippen molar-refractivity contribution in [3.63, 3.8) is 0 Å². The largest absolute Gasteiger partial charge is 0.355 e. The number of hydrogen-bond donors (Lipinski definition) is 2. The summed E-state index contributed by atoms with van der Waals surface area (Å²) in [6.07, 6.45) is 0. The van der Waals surface area contributed by atoms with Gasteiger partial charge in [-0.15, -0.1) is 0 Å². The molecule has 1 aliphatic heterocycles. The summed E-state index contributed by atoms with van der Waals surface area (Å²) in [7, 11) is -3.09. The second-order valence-electron chi connectivity index (χ2n) is 4.74. The summed E-state index contributed by atoms with van der Waals surface area (Å²) in [6.45, 7) is 3.15. The van der Waals surface area contributed by atoms with E-state index < -0.39 is 9.84 Å². The van der Waals surface area contributed by atoms with Crippen molar-refractivity contribution in [1.82, 2.24) is 10.6 Å². The number of hydrogen-bond acceptors (Lipinski definition) is 5. The quantitative estimate of drug-likeness (QED) is 0.826. The van der Waals surface area contributed by atoms with Crippen LogP contribution in [0.2, 0.25) is 0 Å². The fraction of sp³-hybridized carbons (Fsp3) is 0.462. The van der Waals surface area contributed by atoms with Gasteiger partial charge in [0.2, 0.25) is 0 Å². The van der Waals surface area contributed by atoms with Crippen LogP contribution in [-0.4, -0.2) is 39.3 Å². The van der Waals surface area contributed by atoms with E-state index >= 15 is 0 Å². The lowest BCUT2D eigenvalue weighted by Gasteiger charge is -2.09. The Balaban J connectivity index is 1.78. The molecule has 0 saturated carbocycles. The first-order valence-electron chi connectivity index (χ1n) is 6.34. The third kappa shape index (κ3) is 4.55. The van der Waals surface area contributed by atoms with E-state index in [-0.39, 0.29) is 11.5 Å². The lowest BCUT2D eigenvalue weighted by Crippen LogP contribution is -2.39. The van der Waals surface area contributed by atoms with E-state index in [0.29, 0.717) is 18.5 Å². The maximum atomic E-state index is 11.9. The topological polar surface area (TPSA) is 70.6 Å². The standard InChI is InChI=1S/C13H19N3O2S/c1-11-9-15-13(16-11)14-7-8-19(17,18)10-12-5-3-2-4-6-12/h2-6,11H,7-10H2,1H3,(H2,14,15,16). The second kappa shape index (κ2) is 6.06. The molecule has 0 amide bonds. The molecule has 19 heavy (non-hydrogen) atoms. The molecular formula is C13H19N3O2S. The molecule has 1 unspecified atom stereocenters. The minimum atomic E-state index is -3.09. The van der Waals surface area contributed by atoms with E-state index in [1.54, 1.807) is 0 Å². The number of guanidine groups is 1. The maximum absolute atomic E-state index is 11.9. The fourth-order valence-electron chi connectivity index (χ4n) is 1.89. The summed E-state index contributed by atoms with van der Waals surface area (Å²) in [6, 6.07) is 9.56. The number of benzene rings is 1. The van der Waals surface area contributed by atoms with Crippen molar-refractivity contribution in [3.8, 4) is 0 Å². The zero-order valence-corrected chi connectivity index (χ0v) is 11.8. The predicted molar refractivity (Wildman–Crippen MR) is 76.8 cm³/mol. The summed E-state index contributed by atoms with van der Waals surface area (Å²) in [5.41, 5.74) is 0.826. The van der Waals surface area contributed by atoms with Gasteiger partial charge in [0.1, 0.15) is 0 Å². The van der Waals surface area contributed by atoms with Gasteiger partial charge in [0.25, 0.3) is 0 Å². The number of aliphatic imine (C=N–C) groups is 1. The van der Waals surface area contributed by atoms with Gasteiger partial charge in [0.05, 0.1) is 18.1 Å². The van der Waals surface area contributed by atoms with Crippen molar-refractivity contribution >= 4 is 15.8 Å². The molecule has 0 bridgehead atoms. The molecule has 0 spiro atoms. The molecule has 0 saturated heterocycles. The first-order valence-corrected chi connectivity index (χ1v) is 8.16. The van der Waals surface area contributed by atoms with Crippen molar-refractivity contribution in [3.05, 3.63) is 35.9 Å². The zero-order valence-electron chi connectivity index (χ0n) is 11.0. The van der Waals surface area contributed by atoms with Crippen molar-refractivity contribution in [2.75, 3.05) is 18.8 Å². The van der Waals surface area contributed by atoms with Gasteiger partial charge in [0, 0.05) is 12.6 Å². The average Bonchev–Trinajstić information content (AvgIpc) is 2.75. The summed E-state index contributed by atoms with van der Waals surface area (Å²) >= 11 is 0. The normalized spacial score (nSPS) is 18.8. The van der Waals surface area contributed by atoms with Crippen molar-refractivity contribution < 1.29 is 8.42 Å². The molecular weight excluding hydrogens is 262 g/mol. The molecule has 1 heterocycles. The van der Waals surface area contributed by atoms with Crippen LogP contribution in [0.25, 0.3) is 0 Å². The molecule has 6 heteroatoms. The Labute approximate surface area is 114 Å². The van der Waals surface area contributed by atoms with E-state index in [1.165, 1.54) is 0 Å². The Hall–Kier alpha value is -1.56. The molecule has 0 aromatic heterocycles. The van der Waals surface area contributed by atoms with E-state index in [1.807, 2.05) is 37.3 Å². The molecule has 2 N–H and O–H groups in total. The number of nitrogens with zero attached hydrogens (tertiary/aromatic N) is 1. The minimum absolute atomic E-state index is 0.0891. The lowest BCUT2D eigenvalue weighted by molar-refractivity contribution is 0.594. The van der Waals surface area contributed by atoms with Gasteiger partial charge in [-0.3, -0.25) is 4.99 Å². The molecule has 0 radical (unpaired) electrons. The van der Waals surface area contributed by atoms with Gasteiger partial charge in [-0.05, 0) is 12.5 Å². The van der Waals surface area contributed by atoms with Crippen LogP contribution in [0, 0.1) is 0 Å². The maximum Gasteiger partial charge on any atom is 0.191 e. The zero-order chi connectivity index (χ0) is 13.7. The summed E-state index contributed by atoms with van der Waals surface area (Å²) < 4.78 is 23.9. The van der Waals surface area contributed by atoms with Gasteiger partial charge < -0.3 is 10.6 Å². The summed E-state index contributed by atoms with van der Waals surface area (Å²) in [5.74, 6) is 0.894. The molecule has 0 fully saturated rings. The smallest absolute Gasteiger partial charge is 0.191 e. The van der Waals surface area contributed by atoms with E-state index in [0.717, 1.165) is 12.1 Å². The average molecular weight is 281 g/mol. The van der Waals surface area contributed by atoms with Crippen molar-refractivity contribution in [2.45, 2.75) is 18.7 Å². The van der Waals surface area contributed by atoms with E-state index in [9.17, 15) is 8.42 Å². The highest BCUT2D eigenvalue weighted by Crippen LogP contribution is 2.05. The molecule has 0 aliphatic carbocycles. The third-order valence-corrected chi connectivity index (χ3v) is 4.44. The lowest BCUT2D eigenvalue weighted by atomic mass is 10.2. The molecule has 1 aromatic carbocycles. The molecule has 1 atom stereocenters. The van der Waals surface area contributed by atoms with Crippen LogP contribution in [0.15, 0.2) is 35.3 Å². The van der Waals surface area contributed by atoms with Gasteiger partial charge >= 0.3 is 0 Å². The minimum Gasteiger partial charge on any atom is -0.355 e. The second-order valence-corrected chi connectivity index (χ2v) is 6.92. The fourth-order valence-corrected chi connectivity index (χ4v) is 3.14. The SMILES string of the molecule is CC1CN=C(NCCS(=O)(=O)Cc2ccccc2)N1. The molecule has 1 aromatic rings. The first-order chi connectivity index (χ1) is 9.05. The molecule has 2 rings (SSSR count). The van der Waals surface area contributed by atoms with Crippen LogP contribution in [-0.2, 0) is 15.6 Å². The Bertz CT molecular complexity index is 540. The summed E-state index contributed by atoms with van der Waals surface area (Å²) in [5, 5.41) is 6.15. The molecule has 104 valence electrons. The number of rotatable bonds is 5. The molecule has 5 nitrogen and oxygen atoms in total. The number of sulfone groups is 1. The molecule has 1 aliphatic rings. The Kier molecular flexibility index (Phi) is 4.42. The van der Waals surface area contributed by atoms with Crippen LogP contribution in [0.1, 0.15) is 12.5 Å². The summed E-state index contributed by atoms with van der Waals surface area (Å²) in [4.78, 5) is 4.22. The Morgan fingerprint density at radius 2 is 2.11 bits per heavy atom.